The standard InChI is InChI=1S/C20H26N2O3/c1-4-12-24-17-7-9-18(10-8-17)25-20-16(6-5-11-21-20)14-22-19(23)13-15(2)3/h5-11,15H,4,12-14H2,1-3H3,(H,22,23). The van der Waals surface area contributed by atoms with Crippen molar-refractivity contribution in [3.8, 4) is 17.4 Å². The van der Waals surface area contributed by atoms with Gasteiger partial charge in [-0.05, 0) is 42.7 Å². The highest BCUT2D eigenvalue weighted by Crippen LogP contribution is 2.25. The lowest BCUT2D eigenvalue weighted by Gasteiger charge is -2.12. The molecule has 0 aliphatic carbocycles. The van der Waals surface area contributed by atoms with Crippen LogP contribution in [0.2, 0.25) is 0 Å². The van der Waals surface area contributed by atoms with Crippen molar-refractivity contribution in [3.63, 3.8) is 0 Å². The van der Waals surface area contributed by atoms with Crippen LogP contribution in [-0.4, -0.2) is 17.5 Å². The number of nitrogens with one attached hydrogen (secondary N) is 1. The molecule has 2 rings (SSSR count). The minimum atomic E-state index is 0.0298. The first kappa shape index (κ1) is 18.8. The molecule has 0 spiro atoms. The van der Waals surface area contributed by atoms with Gasteiger partial charge in [-0.2, -0.15) is 0 Å². The maximum Gasteiger partial charge on any atom is 0.224 e. The van der Waals surface area contributed by atoms with E-state index in [1.54, 1.807) is 6.20 Å². The van der Waals surface area contributed by atoms with Crippen molar-refractivity contribution < 1.29 is 14.3 Å². The molecule has 1 heterocycles. The highest BCUT2D eigenvalue weighted by molar-refractivity contribution is 5.76. The van der Waals surface area contributed by atoms with Crippen molar-refractivity contribution in [2.45, 2.75) is 40.2 Å². The third-order valence-electron chi connectivity index (χ3n) is 3.43. The van der Waals surface area contributed by atoms with E-state index in [2.05, 4.69) is 17.2 Å². The number of aromatic nitrogens is 1. The van der Waals surface area contributed by atoms with Gasteiger partial charge in [0.2, 0.25) is 11.8 Å². The number of carbonyl (C=O) groups excluding carboxylic acids is 1. The summed E-state index contributed by atoms with van der Waals surface area (Å²) in [5.41, 5.74) is 0.839. The molecule has 0 radical (unpaired) electrons. The molecule has 1 aromatic carbocycles. The first-order valence-corrected chi connectivity index (χ1v) is 8.69. The average molecular weight is 342 g/mol. The van der Waals surface area contributed by atoms with Gasteiger partial charge >= 0.3 is 0 Å². The van der Waals surface area contributed by atoms with Gasteiger partial charge in [0.1, 0.15) is 11.5 Å². The summed E-state index contributed by atoms with van der Waals surface area (Å²) < 4.78 is 11.4. The van der Waals surface area contributed by atoms with E-state index in [0.717, 1.165) is 17.7 Å². The molecule has 0 unspecified atom stereocenters. The first-order valence-electron chi connectivity index (χ1n) is 8.69. The summed E-state index contributed by atoms with van der Waals surface area (Å²) in [6.45, 7) is 7.20. The van der Waals surface area contributed by atoms with Crippen LogP contribution < -0.4 is 14.8 Å². The zero-order chi connectivity index (χ0) is 18.1. The predicted octanol–water partition coefficient (Wildman–Crippen LogP) is 4.33. The summed E-state index contributed by atoms with van der Waals surface area (Å²) in [4.78, 5) is 16.1. The second-order valence-electron chi connectivity index (χ2n) is 6.26. The molecule has 1 amide bonds. The molecule has 134 valence electrons. The van der Waals surface area contributed by atoms with Gasteiger partial charge in [0.05, 0.1) is 6.61 Å². The molecule has 1 N–H and O–H groups in total. The van der Waals surface area contributed by atoms with Gasteiger partial charge in [-0.25, -0.2) is 4.98 Å². The Morgan fingerprint density at radius 1 is 1.16 bits per heavy atom. The molecular weight excluding hydrogens is 316 g/mol. The number of rotatable bonds is 9. The Bertz CT molecular complexity index is 669. The lowest BCUT2D eigenvalue weighted by atomic mass is 10.1. The molecule has 0 bridgehead atoms. The summed E-state index contributed by atoms with van der Waals surface area (Å²) >= 11 is 0. The summed E-state index contributed by atoms with van der Waals surface area (Å²) in [6.07, 6.45) is 3.15. The molecule has 0 aliphatic heterocycles. The lowest BCUT2D eigenvalue weighted by molar-refractivity contribution is -0.121. The van der Waals surface area contributed by atoms with E-state index < -0.39 is 0 Å². The van der Waals surface area contributed by atoms with Gasteiger partial charge in [0.25, 0.3) is 0 Å². The van der Waals surface area contributed by atoms with E-state index in [0.29, 0.717) is 37.1 Å². The number of pyridine rings is 1. The number of benzene rings is 1. The van der Waals surface area contributed by atoms with Gasteiger partial charge in [-0.1, -0.05) is 26.8 Å². The predicted molar refractivity (Wildman–Crippen MR) is 97.8 cm³/mol. The Hall–Kier alpha value is -2.56. The molecule has 0 saturated carbocycles. The van der Waals surface area contributed by atoms with Crippen LogP contribution in [-0.2, 0) is 11.3 Å². The van der Waals surface area contributed by atoms with Crippen LogP contribution in [0.1, 0.15) is 39.2 Å². The maximum absolute atomic E-state index is 11.8. The molecule has 5 nitrogen and oxygen atoms in total. The van der Waals surface area contributed by atoms with E-state index in [9.17, 15) is 4.79 Å². The summed E-state index contributed by atoms with van der Waals surface area (Å²) in [6, 6.07) is 11.2. The minimum absolute atomic E-state index is 0.0298. The Morgan fingerprint density at radius 2 is 1.88 bits per heavy atom. The number of nitrogens with zero attached hydrogens (tertiary/aromatic N) is 1. The summed E-state index contributed by atoms with van der Waals surface area (Å²) in [5.74, 6) is 2.35. The van der Waals surface area contributed by atoms with Crippen molar-refractivity contribution in [3.05, 3.63) is 48.2 Å². The van der Waals surface area contributed by atoms with Crippen molar-refractivity contribution in [2.24, 2.45) is 5.92 Å². The highest BCUT2D eigenvalue weighted by atomic mass is 16.5. The first-order chi connectivity index (χ1) is 12.1. The summed E-state index contributed by atoms with van der Waals surface area (Å²) in [7, 11) is 0. The lowest BCUT2D eigenvalue weighted by Crippen LogP contribution is -2.24. The largest absolute Gasteiger partial charge is 0.494 e. The topological polar surface area (TPSA) is 60.5 Å². The molecule has 0 atom stereocenters. The molecule has 1 aromatic heterocycles. The molecule has 0 aliphatic rings. The van der Waals surface area contributed by atoms with Crippen LogP contribution in [0.25, 0.3) is 0 Å². The van der Waals surface area contributed by atoms with Crippen molar-refractivity contribution in [1.29, 1.82) is 0 Å². The molecule has 25 heavy (non-hydrogen) atoms. The van der Waals surface area contributed by atoms with Gasteiger partial charge in [0.15, 0.2) is 0 Å². The van der Waals surface area contributed by atoms with Crippen LogP contribution >= 0.6 is 0 Å². The zero-order valence-electron chi connectivity index (χ0n) is 15.1. The SMILES string of the molecule is CCCOc1ccc(Oc2ncccc2CNC(=O)CC(C)C)cc1. The third-order valence-corrected chi connectivity index (χ3v) is 3.43. The minimum Gasteiger partial charge on any atom is -0.494 e. The van der Waals surface area contributed by atoms with Gasteiger partial charge in [-0.3, -0.25) is 4.79 Å². The van der Waals surface area contributed by atoms with Gasteiger partial charge in [0, 0.05) is 24.7 Å². The van der Waals surface area contributed by atoms with E-state index in [4.69, 9.17) is 9.47 Å². The summed E-state index contributed by atoms with van der Waals surface area (Å²) in [5, 5.41) is 2.91. The molecule has 5 heteroatoms. The van der Waals surface area contributed by atoms with Crippen LogP contribution in [0.3, 0.4) is 0 Å². The Kier molecular flexibility index (Phi) is 7.26. The number of carbonyl (C=O) groups is 1. The number of hydrogen-bond acceptors (Lipinski definition) is 4. The van der Waals surface area contributed by atoms with Crippen LogP contribution in [0.5, 0.6) is 17.4 Å². The average Bonchev–Trinajstić information content (AvgIpc) is 2.60. The van der Waals surface area contributed by atoms with E-state index >= 15 is 0 Å². The number of ether oxygens (including phenoxy) is 2. The molecular formula is C20H26N2O3. The second kappa shape index (κ2) is 9.67. The quantitative estimate of drug-likeness (QED) is 0.737. The van der Waals surface area contributed by atoms with Crippen molar-refractivity contribution in [1.82, 2.24) is 10.3 Å². The Balaban J connectivity index is 1.99. The fourth-order valence-electron chi connectivity index (χ4n) is 2.22. The highest BCUT2D eigenvalue weighted by Gasteiger charge is 2.09. The van der Waals surface area contributed by atoms with Gasteiger partial charge < -0.3 is 14.8 Å². The Morgan fingerprint density at radius 3 is 2.56 bits per heavy atom. The van der Waals surface area contributed by atoms with Gasteiger partial charge in [-0.15, -0.1) is 0 Å². The van der Waals surface area contributed by atoms with E-state index in [1.807, 2.05) is 50.2 Å². The maximum atomic E-state index is 11.8. The van der Waals surface area contributed by atoms with Crippen LogP contribution in [0.4, 0.5) is 0 Å². The van der Waals surface area contributed by atoms with Crippen LogP contribution in [0, 0.1) is 5.92 Å². The third kappa shape index (κ3) is 6.45. The van der Waals surface area contributed by atoms with E-state index in [-0.39, 0.29) is 5.91 Å². The van der Waals surface area contributed by atoms with E-state index in [1.165, 1.54) is 0 Å². The second-order valence-corrected chi connectivity index (χ2v) is 6.26. The normalized spacial score (nSPS) is 10.6. The number of amides is 1. The monoisotopic (exact) mass is 342 g/mol. The fourth-order valence-corrected chi connectivity index (χ4v) is 2.22. The Labute approximate surface area is 149 Å². The van der Waals surface area contributed by atoms with Crippen LogP contribution in [0.15, 0.2) is 42.6 Å². The van der Waals surface area contributed by atoms with Crippen molar-refractivity contribution >= 4 is 5.91 Å². The molecule has 0 saturated heterocycles. The van der Waals surface area contributed by atoms with Crippen molar-refractivity contribution in [2.75, 3.05) is 6.61 Å². The molecule has 0 fully saturated rings. The molecule has 2 aromatic rings. The fraction of sp³-hybridized carbons (Fsp3) is 0.400. The number of hydrogen-bond donors (Lipinski definition) is 1. The zero-order valence-corrected chi connectivity index (χ0v) is 15.1. The smallest absolute Gasteiger partial charge is 0.224 e.